The van der Waals surface area contributed by atoms with E-state index in [0.29, 0.717) is 18.7 Å². The second kappa shape index (κ2) is 7.46. The first-order valence-corrected chi connectivity index (χ1v) is 7.90. The van der Waals surface area contributed by atoms with Crippen molar-refractivity contribution < 1.29 is 5.11 Å². The largest absolute Gasteiger partial charge is 0.395 e. The number of hydrogen-bond acceptors (Lipinski definition) is 3. The third-order valence-corrected chi connectivity index (χ3v) is 4.74. The second-order valence-electron chi connectivity index (χ2n) is 6.11. The van der Waals surface area contributed by atoms with Crippen molar-refractivity contribution in [3.63, 3.8) is 0 Å². The van der Waals surface area contributed by atoms with Gasteiger partial charge in [-0.2, -0.15) is 0 Å². The molecule has 3 nitrogen and oxygen atoms in total. The Morgan fingerprint density at radius 3 is 2.50 bits per heavy atom. The highest BCUT2D eigenvalue weighted by Crippen LogP contribution is 2.22. The van der Waals surface area contributed by atoms with Crippen LogP contribution in [-0.4, -0.2) is 59.8 Å². The van der Waals surface area contributed by atoms with E-state index < -0.39 is 0 Å². The van der Waals surface area contributed by atoms with Gasteiger partial charge in [-0.15, -0.1) is 0 Å². The topological polar surface area (TPSA) is 26.7 Å². The summed E-state index contributed by atoms with van der Waals surface area (Å²) in [5, 5.41) is 9.48. The summed E-state index contributed by atoms with van der Waals surface area (Å²) in [7, 11) is 0. The highest BCUT2D eigenvalue weighted by Gasteiger charge is 2.26. The summed E-state index contributed by atoms with van der Waals surface area (Å²) in [6.07, 6.45) is 9.24. The first-order chi connectivity index (χ1) is 8.81. The average Bonchev–Trinajstić information content (AvgIpc) is 2.41. The van der Waals surface area contributed by atoms with Gasteiger partial charge in [0.15, 0.2) is 0 Å². The predicted octanol–water partition coefficient (Wildman–Crippen LogP) is 2.10. The molecule has 106 valence electrons. The minimum absolute atomic E-state index is 0.341. The molecule has 2 saturated heterocycles. The molecule has 3 heteroatoms. The van der Waals surface area contributed by atoms with Crippen LogP contribution >= 0.6 is 0 Å². The lowest BCUT2D eigenvalue weighted by Gasteiger charge is -2.40. The number of rotatable bonds is 5. The number of aliphatic hydroxyl groups is 1. The maximum atomic E-state index is 9.48. The van der Waals surface area contributed by atoms with Crippen LogP contribution in [-0.2, 0) is 0 Å². The van der Waals surface area contributed by atoms with E-state index in [1.165, 1.54) is 71.1 Å². The van der Waals surface area contributed by atoms with Gasteiger partial charge < -0.3 is 10.0 Å². The first kappa shape index (κ1) is 14.3. The summed E-state index contributed by atoms with van der Waals surface area (Å²) in [6.45, 7) is 7.69. The average molecular weight is 254 g/mol. The summed E-state index contributed by atoms with van der Waals surface area (Å²) in [6, 6.07) is 1.09. The van der Waals surface area contributed by atoms with Gasteiger partial charge in [-0.05, 0) is 58.7 Å². The number of aliphatic hydroxyl groups excluding tert-OH is 1. The smallest absolute Gasteiger partial charge is 0.0586 e. The maximum absolute atomic E-state index is 9.48. The van der Waals surface area contributed by atoms with E-state index in [0.717, 1.165) is 0 Å². The van der Waals surface area contributed by atoms with Crippen molar-refractivity contribution in [1.29, 1.82) is 0 Å². The van der Waals surface area contributed by atoms with Crippen LogP contribution in [0.4, 0.5) is 0 Å². The normalized spacial score (nSPS) is 31.7. The molecule has 0 radical (unpaired) electrons. The van der Waals surface area contributed by atoms with E-state index in [1.807, 2.05) is 0 Å². The van der Waals surface area contributed by atoms with Crippen LogP contribution in [0.1, 0.15) is 51.9 Å². The zero-order valence-electron chi connectivity index (χ0n) is 12.0. The third kappa shape index (κ3) is 3.94. The molecule has 18 heavy (non-hydrogen) atoms. The van der Waals surface area contributed by atoms with E-state index in [4.69, 9.17) is 0 Å². The summed E-state index contributed by atoms with van der Waals surface area (Å²) in [5.41, 5.74) is 0. The predicted molar refractivity (Wildman–Crippen MR) is 75.8 cm³/mol. The number of hydrogen-bond donors (Lipinski definition) is 1. The quantitative estimate of drug-likeness (QED) is 0.814. The molecule has 2 atom stereocenters. The van der Waals surface area contributed by atoms with E-state index in [2.05, 4.69) is 16.7 Å². The third-order valence-electron chi connectivity index (χ3n) is 4.74. The molecule has 0 bridgehead atoms. The summed E-state index contributed by atoms with van der Waals surface area (Å²) in [4.78, 5) is 5.17. The van der Waals surface area contributed by atoms with Gasteiger partial charge in [-0.25, -0.2) is 0 Å². The molecule has 0 unspecified atom stereocenters. The molecule has 0 aromatic heterocycles. The van der Waals surface area contributed by atoms with E-state index in [-0.39, 0.29) is 0 Å². The molecular formula is C15H30N2O. The lowest BCUT2D eigenvalue weighted by Crippen LogP contribution is -2.48. The highest BCUT2D eigenvalue weighted by molar-refractivity contribution is 4.82. The van der Waals surface area contributed by atoms with Crippen molar-refractivity contribution in [3.05, 3.63) is 0 Å². The fraction of sp³-hybridized carbons (Fsp3) is 1.00. The summed E-state index contributed by atoms with van der Waals surface area (Å²) < 4.78 is 0. The number of likely N-dealkylation sites (tertiary alicyclic amines) is 2. The molecule has 0 aromatic rings. The van der Waals surface area contributed by atoms with Gasteiger partial charge in [0.25, 0.3) is 0 Å². The minimum atomic E-state index is 0.341. The summed E-state index contributed by atoms with van der Waals surface area (Å²) >= 11 is 0. The molecule has 0 amide bonds. The van der Waals surface area contributed by atoms with Crippen LogP contribution in [0, 0.1) is 0 Å². The van der Waals surface area contributed by atoms with Crippen molar-refractivity contribution in [2.24, 2.45) is 0 Å². The van der Waals surface area contributed by atoms with Crippen LogP contribution in [0.15, 0.2) is 0 Å². The molecule has 2 fully saturated rings. The van der Waals surface area contributed by atoms with Gasteiger partial charge in [-0.3, -0.25) is 4.90 Å². The Morgan fingerprint density at radius 1 is 1.00 bits per heavy atom. The van der Waals surface area contributed by atoms with Gasteiger partial charge >= 0.3 is 0 Å². The standard InChI is InChI=1S/C15H30N2O/c1-14-7-5-8-15(13-18)17(14)12-6-11-16-9-3-2-4-10-16/h14-15,18H,2-13H2,1H3/t14-,15-/m0/s1. The molecule has 0 spiro atoms. The van der Waals surface area contributed by atoms with Crippen LogP contribution in [0.25, 0.3) is 0 Å². The van der Waals surface area contributed by atoms with Gasteiger partial charge in [0.05, 0.1) is 6.61 Å². The fourth-order valence-electron chi connectivity index (χ4n) is 3.60. The molecule has 0 aromatic carbocycles. The lowest BCUT2D eigenvalue weighted by atomic mass is 9.96. The SMILES string of the molecule is C[C@H]1CCC[C@@H](CO)N1CCCN1CCCCC1. The second-order valence-corrected chi connectivity index (χ2v) is 6.11. The Kier molecular flexibility index (Phi) is 5.93. The molecular weight excluding hydrogens is 224 g/mol. The van der Waals surface area contributed by atoms with Crippen LogP contribution < -0.4 is 0 Å². The number of nitrogens with zero attached hydrogens (tertiary/aromatic N) is 2. The highest BCUT2D eigenvalue weighted by atomic mass is 16.3. The Balaban J connectivity index is 1.69. The molecule has 2 heterocycles. The molecule has 2 rings (SSSR count). The van der Waals surface area contributed by atoms with Crippen LogP contribution in [0.3, 0.4) is 0 Å². The van der Waals surface area contributed by atoms with Gasteiger partial charge in [0.1, 0.15) is 0 Å². The summed E-state index contributed by atoms with van der Waals surface area (Å²) in [5.74, 6) is 0. The monoisotopic (exact) mass is 254 g/mol. The van der Waals surface area contributed by atoms with Crippen molar-refractivity contribution in [2.45, 2.75) is 64.0 Å². The Morgan fingerprint density at radius 2 is 1.78 bits per heavy atom. The van der Waals surface area contributed by atoms with Crippen molar-refractivity contribution in [2.75, 3.05) is 32.8 Å². The van der Waals surface area contributed by atoms with E-state index in [1.54, 1.807) is 0 Å². The van der Waals surface area contributed by atoms with Crippen molar-refractivity contribution in [3.8, 4) is 0 Å². The Bertz CT molecular complexity index is 229. The minimum Gasteiger partial charge on any atom is -0.395 e. The molecule has 2 aliphatic heterocycles. The van der Waals surface area contributed by atoms with Gasteiger partial charge in [0, 0.05) is 18.6 Å². The van der Waals surface area contributed by atoms with Gasteiger partial charge in [-0.1, -0.05) is 12.8 Å². The molecule has 0 aliphatic carbocycles. The van der Waals surface area contributed by atoms with Crippen LogP contribution in [0.5, 0.6) is 0 Å². The van der Waals surface area contributed by atoms with Gasteiger partial charge in [0.2, 0.25) is 0 Å². The number of piperidine rings is 2. The zero-order valence-corrected chi connectivity index (χ0v) is 12.0. The van der Waals surface area contributed by atoms with Crippen molar-refractivity contribution >= 4 is 0 Å². The maximum Gasteiger partial charge on any atom is 0.0586 e. The Labute approximate surface area is 112 Å². The molecule has 1 N–H and O–H groups in total. The molecule has 2 aliphatic rings. The van der Waals surface area contributed by atoms with Crippen LogP contribution in [0.2, 0.25) is 0 Å². The Hall–Kier alpha value is -0.120. The first-order valence-electron chi connectivity index (χ1n) is 7.90. The molecule has 0 saturated carbocycles. The van der Waals surface area contributed by atoms with Crippen molar-refractivity contribution in [1.82, 2.24) is 9.80 Å². The van der Waals surface area contributed by atoms with E-state index >= 15 is 0 Å². The zero-order chi connectivity index (χ0) is 12.8. The van der Waals surface area contributed by atoms with E-state index in [9.17, 15) is 5.11 Å². The fourth-order valence-corrected chi connectivity index (χ4v) is 3.60. The lowest BCUT2D eigenvalue weighted by molar-refractivity contribution is 0.0477.